The molecule has 12 nitrogen and oxygen atoms in total. The quantitative estimate of drug-likeness (QED) is 0.165. The Balaban J connectivity index is -0.000000144. The molecule has 0 saturated heterocycles. The van der Waals surface area contributed by atoms with Crippen molar-refractivity contribution in [1.29, 1.82) is 0 Å². The van der Waals surface area contributed by atoms with Crippen LogP contribution in [0.4, 0.5) is 0 Å². The number of hydrogen-bond acceptors (Lipinski definition) is 6. The molecule has 0 aromatic rings. The van der Waals surface area contributed by atoms with E-state index in [2.05, 4.69) is 0 Å². The Morgan fingerprint density at radius 3 is 0.933 bits per heavy atom. The van der Waals surface area contributed by atoms with Crippen LogP contribution in [0.15, 0.2) is 0 Å². The van der Waals surface area contributed by atoms with Gasteiger partial charge in [0, 0.05) is 0 Å². The van der Waals surface area contributed by atoms with Gasteiger partial charge in [0.15, 0.2) is 0 Å². The Morgan fingerprint density at radius 1 is 0.933 bits per heavy atom. The van der Waals surface area contributed by atoms with E-state index in [4.69, 9.17) is 44.6 Å². The van der Waals surface area contributed by atoms with E-state index >= 15 is 0 Å². The summed E-state index contributed by atoms with van der Waals surface area (Å²) >= 11 is -16.4. The van der Waals surface area contributed by atoms with Crippen LogP contribution in [0, 0.1) is 0 Å². The fourth-order valence-electron chi connectivity index (χ4n) is 0. The summed E-state index contributed by atoms with van der Waals surface area (Å²) in [5.41, 5.74) is 0. The zero-order valence-electron chi connectivity index (χ0n) is 6.36. The average molecular weight is 530 g/mol. The summed E-state index contributed by atoms with van der Waals surface area (Å²) in [6, 6.07) is 0. The van der Waals surface area contributed by atoms with Crippen LogP contribution in [-0.2, 0) is 68.3 Å². The van der Waals surface area contributed by atoms with Crippen LogP contribution in [0.5, 0.6) is 0 Å². The van der Waals surface area contributed by atoms with E-state index in [9.17, 15) is 0 Å². The second-order valence-electron chi connectivity index (χ2n) is 1.34. The van der Waals surface area contributed by atoms with Crippen molar-refractivity contribution in [2.45, 2.75) is 0 Å². The molecule has 0 rings (SSSR count). The van der Waals surface area contributed by atoms with Crippen molar-refractivity contribution >= 4 is 0 Å². The molecule has 0 aliphatic carbocycles. The van der Waals surface area contributed by atoms with E-state index in [0.29, 0.717) is 0 Å². The van der Waals surface area contributed by atoms with Gasteiger partial charge >= 0.3 is 91.7 Å². The summed E-state index contributed by atoms with van der Waals surface area (Å²) in [6.07, 6.45) is 0. The van der Waals surface area contributed by atoms with Crippen LogP contribution in [0.1, 0.15) is 0 Å². The third-order valence-corrected chi connectivity index (χ3v) is 0. The van der Waals surface area contributed by atoms with Gasteiger partial charge in [-0.05, 0) is 0 Å². The van der Waals surface area contributed by atoms with Gasteiger partial charge < -0.3 is 0 Å². The second-order valence-corrected chi connectivity index (χ2v) is 8.16. The van der Waals surface area contributed by atoms with Crippen molar-refractivity contribution < 1.29 is 91.7 Å². The van der Waals surface area contributed by atoms with Crippen LogP contribution in [0.25, 0.3) is 0 Å². The van der Waals surface area contributed by atoms with Crippen molar-refractivity contribution in [1.82, 2.24) is 0 Å². The molecular weight excluding hydrogens is 524 g/mol. The molecule has 0 bridgehead atoms. The van der Waals surface area contributed by atoms with Crippen LogP contribution in [0.2, 0.25) is 0 Å². The molecule has 0 aliphatic rings. The van der Waals surface area contributed by atoms with Crippen LogP contribution in [0.3, 0.4) is 0 Å². The number of hydrogen-bond donors (Lipinski definition) is 6. The molecule has 0 atom stereocenters. The monoisotopic (exact) mass is 532 g/mol. The maximum atomic E-state index is 8.87. The molecule has 0 fully saturated rings. The molecule has 0 aliphatic heterocycles. The third-order valence-electron chi connectivity index (χ3n) is 0. The Bertz CT molecular complexity index is 337. The maximum absolute atomic E-state index is 8.87. The van der Waals surface area contributed by atoms with Crippen molar-refractivity contribution in [3.63, 3.8) is 0 Å². The molecule has 0 saturated carbocycles. The van der Waals surface area contributed by atoms with Gasteiger partial charge in [0.05, 0.1) is 0 Å². The first-order valence-electron chi connectivity index (χ1n) is 2.10. The van der Waals surface area contributed by atoms with Gasteiger partial charge in [-0.1, -0.05) is 0 Å². The van der Waals surface area contributed by atoms with Gasteiger partial charge in [-0.15, -0.1) is 0 Å². The van der Waals surface area contributed by atoms with Gasteiger partial charge in [0.25, 0.3) is 0 Å². The van der Waals surface area contributed by atoms with Gasteiger partial charge in [-0.25, -0.2) is 0 Å². The van der Waals surface area contributed by atoms with E-state index in [1.165, 1.54) is 0 Å². The molecule has 6 N–H and O–H groups in total. The first kappa shape index (κ1) is 20.8. The molecule has 0 spiro atoms. The summed E-state index contributed by atoms with van der Waals surface area (Å²) in [6.45, 7) is 0. The zero-order chi connectivity index (χ0) is 13.5. The first-order valence-corrected chi connectivity index (χ1v) is 12.7. The van der Waals surface area contributed by atoms with Crippen molar-refractivity contribution in [2.24, 2.45) is 0 Å². The predicted octanol–water partition coefficient (Wildman–Crippen LogP) is -4.06. The molecule has 15 heteroatoms. The van der Waals surface area contributed by atoms with Gasteiger partial charge in [0.1, 0.15) is 0 Å². The van der Waals surface area contributed by atoms with Crippen LogP contribution >= 0.6 is 0 Å². The van der Waals surface area contributed by atoms with E-state index < -0.39 is 47.1 Å². The first-order chi connectivity index (χ1) is 6.00. The minimum absolute atomic E-state index is 5.25. The third kappa shape index (κ3) is 10200. The molecule has 0 aromatic heterocycles. The molecule has 0 unspecified atom stereocenters. The fourth-order valence-corrected chi connectivity index (χ4v) is 0. The zero-order valence-corrected chi connectivity index (χ0v) is 12.6. The van der Waals surface area contributed by atoms with Crippen LogP contribution in [-0.4, -0.2) is 23.4 Å². The van der Waals surface area contributed by atoms with Gasteiger partial charge in [-0.2, -0.15) is 0 Å². The minimum atomic E-state index is -5.67. The van der Waals surface area contributed by atoms with Crippen molar-refractivity contribution in [2.75, 3.05) is 0 Å². The van der Waals surface area contributed by atoms with E-state index in [0.717, 1.165) is 0 Å². The normalized spacial score (nSPS) is 11.6. The summed E-state index contributed by atoms with van der Waals surface area (Å²) in [4.78, 5) is 0. The summed E-state index contributed by atoms with van der Waals surface area (Å²) in [5, 5.41) is 0. The Kier molecular flexibility index (Phi) is 10.7. The summed E-state index contributed by atoms with van der Waals surface area (Å²) < 4.78 is 96.0. The molecule has 15 heavy (non-hydrogen) atoms. The molecule has 0 radical (unpaired) electrons. The molecular formula is H6CrMoO12W. The van der Waals surface area contributed by atoms with Crippen LogP contribution < -0.4 is 0 Å². The SMILES string of the molecule is [O]=[Cr](=[O])([OH])[OH].[O]=[Mo](=[O])([OH])[OH].[O]=[W](=[O])([OH])[OH]. The molecule has 0 aromatic carbocycles. The second kappa shape index (κ2) is 7.70. The van der Waals surface area contributed by atoms with Gasteiger partial charge in [-0.3, -0.25) is 0 Å². The van der Waals surface area contributed by atoms with E-state index in [1.807, 2.05) is 0 Å². The standard InChI is InChI=1S/Cr.Mo.6H2O.6O.W/h;;6*1H2;;;;;;;/q2*+2;;;;;;;;;;;;;+2/p-6. The van der Waals surface area contributed by atoms with E-state index in [1.54, 1.807) is 0 Å². The topological polar surface area (TPSA) is 224 Å². The number of rotatable bonds is 0. The van der Waals surface area contributed by atoms with E-state index in [-0.39, 0.29) is 0 Å². The Morgan fingerprint density at radius 2 is 0.933 bits per heavy atom. The fraction of sp³-hybridized carbons (Fsp3) is 0. The van der Waals surface area contributed by atoms with Crippen molar-refractivity contribution in [3.05, 3.63) is 0 Å². The van der Waals surface area contributed by atoms with Gasteiger partial charge in [0.2, 0.25) is 0 Å². The molecule has 0 heterocycles. The predicted molar refractivity (Wildman–Crippen MR) is 17.4 cm³/mol. The molecule has 0 amide bonds. The summed E-state index contributed by atoms with van der Waals surface area (Å²) in [5.74, 6) is 0. The Hall–Kier alpha value is 0.469. The average Bonchev–Trinajstić information content (AvgIpc) is 1.41. The molecule has 96 valence electrons. The summed E-state index contributed by atoms with van der Waals surface area (Å²) in [7, 11) is 0. The van der Waals surface area contributed by atoms with Crippen molar-refractivity contribution in [3.8, 4) is 0 Å². The Labute approximate surface area is 91.2 Å².